The maximum Gasteiger partial charge on any atom is 0.416 e. The average molecular weight is 368 g/mol. The lowest BCUT2D eigenvalue weighted by Crippen LogP contribution is -2.52. The van der Waals surface area contributed by atoms with Gasteiger partial charge in [0.25, 0.3) is 0 Å². The Kier molecular flexibility index (Phi) is 4.83. The second-order valence-corrected chi connectivity index (χ2v) is 7.56. The van der Waals surface area contributed by atoms with Gasteiger partial charge in [0, 0.05) is 24.7 Å². The highest BCUT2D eigenvalue weighted by molar-refractivity contribution is 5.55. The molecule has 1 saturated heterocycles. The number of likely N-dealkylation sites (tertiary alicyclic amines) is 1. The molecule has 26 heavy (non-hydrogen) atoms. The van der Waals surface area contributed by atoms with Gasteiger partial charge in [-0.25, -0.2) is 0 Å². The first-order valence-corrected chi connectivity index (χ1v) is 8.59. The minimum absolute atomic E-state index is 0.0313. The van der Waals surface area contributed by atoms with Crippen LogP contribution in [0.4, 0.5) is 13.2 Å². The van der Waals surface area contributed by atoms with E-state index in [2.05, 4.69) is 28.9 Å². The molecular formula is C18H23F3N4O. The lowest BCUT2D eigenvalue weighted by molar-refractivity contribution is -0.137. The Morgan fingerprint density at radius 2 is 2.08 bits per heavy atom. The van der Waals surface area contributed by atoms with Crippen molar-refractivity contribution in [2.75, 3.05) is 13.1 Å². The van der Waals surface area contributed by atoms with E-state index in [1.165, 1.54) is 12.1 Å². The summed E-state index contributed by atoms with van der Waals surface area (Å²) in [5.41, 5.74) is 5.69. The SMILES string of the molecule is CC(c1nc(-c2cccc(C(F)(F)F)c2)no1)N1CCC(N)C(C)(C)C1. The van der Waals surface area contributed by atoms with Gasteiger partial charge in [-0.2, -0.15) is 18.2 Å². The van der Waals surface area contributed by atoms with Crippen molar-refractivity contribution in [2.45, 2.75) is 45.5 Å². The molecule has 1 aromatic carbocycles. The predicted octanol–water partition coefficient (Wildman–Crippen LogP) is 3.88. The van der Waals surface area contributed by atoms with Crippen LogP contribution in [-0.2, 0) is 6.18 Å². The molecular weight excluding hydrogens is 345 g/mol. The minimum atomic E-state index is -4.41. The number of benzene rings is 1. The van der Waals surface area contributed by atoms with Gasteiger partial charge in [-0.1, -0.05) is 31.1 Å². The van der Waals surface area contributed by atoms with E-state index >= 15 is 0 Å². The van der Waals surface area contributed by atoms with Gasteiger partial charge in [-0.3, -0.25) is 4.90 Å². The molecule has 1 aliphatic rings. The van der Waals surface area contributed by atoms with Gasteiger partial charge >= 0.3 is 6.18 Å². The first-order chi connectivity index (χ1) is 12.1. The van der Waals surface area contributed by atoms with Gasteiger partial charge in [0.1, 0.15) is 0 Å². The summed E-state index contributed by atoms with van der Waals surface area (Å²) in [4.78, 5) is 6.54. The molecule has 142 valence electrons. The monoisotopic (exact) mass is 368 g/mol. The number of piperidine rings is 1. The van der Waals surface area contributed by atoms with E-state index in [0.717, 1.165) is 31.6 Å². The Hall–Kier alpha value is -1.93. The van der Waals surface area contributed by atoms with Gasteiger partial charge in [0.2, 0.25) is 11.7 Å². The van der Waals surface area contributed by atoms with Crippen LogP contribution in [0.3, 0.4) is 0 Å². The van der Waals surface area contributed by atoms with Crippen molar-refractivity contribution in [1.29, 1.82) is 0 Å². The highest BCUT2D eigenvalue weighted by atomic mass is 19.4. The highest BCUT2D eigenvalue weighted by Crippen LogP contribution is 2.34. The van der Waals surface area contributed by atoms with Gasteiger partial charge < -0.3 is 10.3 Å². The van der Waals surface area contributed by atoms with Crippen molar-refractivity contribution in [1.82, 2.24) is 15.0 Å². The number of aromatic nitrogens is 2. The van der Waals surface area contributed by atoms with Crippen LogP contribution in [-0.4, -0.2) is 34.2 Å². The zero-order valence-corrected chi connectivity index (χ0v) is 15.0. The molecule has 0 saturated carbocycles. The molecule has 0 spiro atoms. The second kappa shape index (κ2) is 6.66. The van der Waals surface area contributed by atoms with Crippen molar-refractivity contribution >= 4 is 0 Å². The van der Waals surface area contributed by atoms with Crippen LogP contribution in [0.5, 0.6) is 0 Å². The number of nitrogens with zero attached hydrogens (tertiary/aromatic N) is 3. The fraction of sp³-hybridized carbons (Fsp3) is 0.556. The van der Waals surface area contributed by atoms with Crippen LogP contribution in [0.2, 0.25) is 0 Å². The Labute approximate surface area is 150 Å². The number of rotatable bonds is 3. The van der Waals surface area contributed by atoms with E-state index in [1.54, 1.807) is 0 Å². The van der Waals surface area contributed by atoms with E-state index in [4.69, 9.17) is 10.3 Å². The Morgan fingerprint density at radius 1 is 1.35 bits per heavy atom. The molecule has 0 aliphatic carbocycles. The van der Waals surface area contributed by atoms with E-state index in [9.17, 15) is 13.2 Å². The van der Waals surface area contributed by atoms with Crippen LogP contribution in [0.25, 0.3) is 11.4 Å². The average Bonchev–Trinajstić information content (AvgIpc) is 3.06. The molecule has 0 radical (unpaired) electrons. The van der Waals surface area contributed by atoms with Crippen molar-refractivity contribution in [2.24, 2.45) is 11.1 Å². The van der Waals surface area contributed by atoms with Crippen molar-refractivity contribution in [3.8, 4) is 11.4 Å². The lowest BCUT2D eigenvalue weighted by atomic mass is 9.79. The maximum absolute atomic E-state index is 12.9. The van der Waals surface area contributed by atoms with E-state index in [1.807, 2.05) is 6.92 Å². The second-order valence-electron chi connectivity index (χ2n) is 7.56. The molecule has 1 aromatic heterocycles. The van der Waals surface area contributed by atoms with Crippen LogP contribution in [0.15, 0.2) is 28.8 Å². The third kappa shape index (κ3) is 3.76. The predicted molar refractivity (Wildman–Crippen MR) is 91.1 cm³/mol. The summed E-state index contributed by atoms with van der Waals surface area (Å²) in [5, 5.41) is 3.87. The standard InChI is InChI=1S/C18H23F3N4O/c1-11(25-8-7-14(22)17(2,3)10-25)16-23-15(24-26-16)12-5-4-6-13(9-12)18(19,20)21/h4-6,9,11,14H,7-8,10,22H2,1-3H3. The fourth-order valence-corrected chi connectivity index (χ4v) is 3.26. The number of halogens is 3. The van der Waals surface area contributed by atoms with Crippen LogP contribution in [0, 0.1) is 5.41 Å². The summed E-state index contributed by atoms with van der Waals surface area (Å²) in [5.74, 6) is 0.551. The molecule has 2 N–H and O–H groups in total. The van der Waals surface area contributed by atoms with Crippen molar-refractivity contribution in [3.05, 3.63) is 35.7 Å². The number of nitrogens with two attached hydrogens (primary N) is 1. The Morgan fingerprint density at radius 3 is 2.73 bits per heavy atom. The molecule has 5 nitrogen and oxygen atoms in total. The normalized spacial score (nSPS) is 22.3. The zero-order chi connectivity index (χ0) is 19.1. The molecule has 8 heteroatoms. The molecule has 0 amide bonds. The van der Waals surface area contributed by atoms with Crippen molar-refractivity contribution < 1.29 is 17.7 Å². The van der Waals surface area contributed by atoms with Gasteiger partial charge in [-0.15, -0.1) is 0 Å². The van der Waals surface area contributed by atoms with Crippen molar-refractivity contribution in [3.63, 3.8) is 0 Å². The van der Waals surface area contributed by atoms with E-state index in [-0.39, 0.29) is 28.9 Å². The summed E-state index contributed by atoms with van der Waals surface area (Å²) >= 11 is 0. The summed E-state index contributed by atoms with van der Waals surface area (Å²) in [6, 6.07) is 4.93. The van der Waals surface area contributed by atoms with E-state index < -0.39 is 11.7 Å². The highest BCUT2D eigenvalue weighted by Gasteiger charge is 2.37. The van der Waals surface area contributed by atoms with Gasteiger partial charge in [0.15, 0.2) is 0 Å². The van der Waals surface area contributed by atoms with E-state index in [0.29, 0.717) is 5.89 Å². The summed E-state index contributed by atoms with van der Waals surface area (Å²) in [6.07, 6.45) is -3.54. The molecule has 2 atom stereocenters. The minimum Gasteiger partial charge on any atom is -0.337 e. The third-order valence-electron chi connectivity index (χ3n) is 5.14. The van der Waals surface area contributed by atoms with Crippen LogP contribution in [0.1, 0.15) is 44.7 Å². The maximum atomic E-state index is 12.9. The lowest BCUT2D eigenvalue weighted by Gasteiger charge is -2.44. The first-order valence-electron chi connectivity index (χ1n) is 8.59. The largest absolute Gasteiger partial charge is 0.416 e. The molecule has 2 unspecified atom stereocenters. The number of hydrogen-bond donors (Lipinski definition) is 1. The molecule has 2 heterocycles. The molecule has 2 aromatic rings. The zero-order valence-electron chi connectivity index (χ0n) is 15.0. The third-order valence-corrected chi connectivity index (χ3v) is 5.14. The molecule has 0 bridgehead atoms. The number of hydrogen-bond acceptors (Lipinski definition) is 5. The van der Waals surface area contributed by atoms with Crippen LogP contribution >= 0.6 is 0 Å². The van der Waals surface area contributed by atoms with Crippen LogP contribution < -0.4 is 5.73 Å². The van der Waals surface area contributed by atoms with Gasteiger partial charge in [-0.05, 0) is 30.9 Å². The summed E-state index contributed by atoms with van der Waals surface area (Å²) in [6.45, 7) is 7.80. The summed E-state index contributed by atoms with van der Waals surface area (Å²) < 4.78 is 44.0. The quantitative estimate of drug-likeness (QED) is 0.891. The molecule has 3 rings (SSSR count). The Bertz CT molecular complexity index is 772. The Balaban J connectivity index is 1.80. The molecule has 1 fully saturated rings. The van der Waals surface area contributed by atoms with Gasteiger partial charge in [0.05, 0.1) is 11.6 Å². The smallest absolute Gasteiger partial charge is 0.337 e. The first kappa shape index (κ1) is 18.8. The fourth-order valence-electron chi connectivity index (χ4n) is 3.26. The molecule has 1 aliphatic heterocycles. The summed E-state index contributed by atoms with van der Waals surface area (Å²) in [7, 11) is 0. The topological polar surface area (TPSA) is 68.2 Å². The number of alkyl halides is 3.